The predicted molar refractivity (Wildman–Crippen MR) is 102 cm³/mol. The molecule has 0 saturated carbocycles. The van der Waals surface area contributed by atoms with E-state index >= 15 is 0 Å². The maximum absolute atomic E-state index is 12.2. The topological polar surface area (TPSA) is 51.7 Å². The van der Waals surface area contributed by atoms with E-state index in [0.29, 0.717) is 18.0 Å². The number of para-hydroxylation sites is 1. The summed E-state index contributed by atoms with van der Waals surface area (Å²) in [7, 11) is 1.75. The third-order valence-corrected chi connectivity index (χ3v) is 4.48. The molecule has 0 saturated heterocycles. The molecule has 26 heavy (non-hydrogen) atoms. The first-order valence-corrected chi connectivity index (χ1v) is 9.09. The summed E-state index contributed by atoms with van der Waals surface area (Å²) in [6.45, 7) is 2.42. The number of likely N-dealkylation sites (N-methyl/N-ethyl adjacent to an activating group) is 1. The molecule has 6 heteroatoms. The Morgan fingerprint density at radius 3 is 2.35 bits per heavy atom. The Morgan fingerprint density at radius 2 is 1.69 bits per heavy atom. The van der Waals surface area contributed by atoms with E-state index in [-0.39, 0.29) is 12.5 Å². The molecule has 0 fully saturated rings. The lowest BCUT2D eigenvalue weighted by Gasteiger charge is -2.16. The van der Waals surface area contributed by atoms with Crippen LogP contribution in [-0.2, 0) is 11.3 Å². The number of benzene rings is 2. The van der Waals surface area contributed by atoms with E-state index in [1.807, 2.05) is 54.8 Å². The van der Waals surface area contributed by atoms with Crippen molar-refractivity contribution in [2.45, 2.75) is 13.5 Å². The molecule has 0 radical (unpaired) electrons. The van der Waals surface area contributed by atoms with Gasteiger partial charge < -0.3 is 14.4 Å². The van der Waals surface area contributed by atoms with Crippen molar-refractivity contribution in [3.05, 3.63) is 70.7 Å². The molecular weight excluding hydrogens is 348 g/mol. The van der Waals surface area contributed by atoms with E-state index < -0.39 is 0 Å². The Balaban J connectivity index is 1.48. The van der Waals surface area contributed by atoms with Gasteiger partial charge in [0.25, 0.3) is 5.91 Å². The molecule has 134 valence electrons. The number of thiazole rings is 1. The Kier molecular flexibility index (Phi) is 5.86. The van der Waals surface area contributed by atoms with Crippen LogP contribution in [0.1, 0.15) is 10.7 Å². The average Bonchev–Trinajstić information content (AvgIpc) is 3.06. The van der Waals surface area contributed by atoms with Gasteiger partial charge in [0.15, 0.2) is 6.61 Å². The molecule has 3 rings (SSSR count). The highest BCUT2D eigenvalue weighted by molar-refractivity contribution is 7.09. The van der Waals surface area contributed by atoms with E-state index in [1.165, 1.54) is 0 Å². The maximum atomic E-state index is 12.2. The molecule has 2 aromatic carbocycles. The summed E-state index contributed by atoms with van der Waals surface area (Å²) in [5.74, 6) is 2.01. The molecule has 0 atom stereocenters. The molecule has 0 spiro atoms. The number of hydrogen-bond donors (Lipinski definition) is 0. The number of aryl methyl sites for hydroxylation is 1. The van der Waals surface area contributed by atoms with Crippen LogP contribution in [0, 0.1) is 6.92 Å². The summed E-state index contributed by atoms with van der Waals surface area (Å²) in [5, 5.41) is 2.96. The normalized spacial score (nSPS) is 10.4. The van der Waals surface area contributed by atoms with Crippen molar-refractivity contribution >= 4 is 17.2 Å². The van der Waals surface area contributed by atoms with Crippen molar-refractivity contribution in [1.29, 1.82) is 0 Å². The number of amides is 1. The number of carbonyl (C=O) groups excluding carboxylic acids is 1. The standard InChI is InChI=1S/C20H20N2O3S/c1-15-21-16(14-26-15)12-22(2)20(23)13-24-17-8-10-19(11-9-17)25-18-6-4-3-5-7-18/h3-11,14H,12-13H2,1-2H3. The zero-order valence-corrected chi connectivity index (χ0v) is 15.5. The monoisotopic (exact) mass is 368 g/mol. The Labute approximate surface area is 156 Å². The van der Waals surface area contributed by atoms with Crippen LogP contribution in [0.3, 0.4) is 0 Å². The molecule has 0 bridgehead atoms. The number of rotatable bonds is 7. The highest BCUT2D eigenvalue weighted by Gasteiger charge is 2.12. The van der Waals surface area contributed by atoms with Gasteiger partial charge in [-0.3, -0.25) is 4.79 Å². The van der Waals surface area contributed by atoms with Crippen LogP contribution in [0.15, 0.2) is 60.0 Å². The number of nitrogens with zero attached hydrogens (tertiary/aromatic N) is 2. The number of aromatic nitrogens is 1. The van der Waals surface area contributed by atoms with Gasteiger partial charge in [-0.2, -0.15) is 0 Å². The minimum atomic E-state index is -0.0970. The van der Waals surface area contributed by atoms with Crippen LogP contribution in [0.4, 0.5) is 0 Å². The first-order chi connectivity index (χ1) is 12.6. The second-order valence-electron chi connectivity index (χ2n) is 5.78. The SMILES string of the molecule is Cc1nc(CN(C)C(=O)COc2ccc(Oc3ccccc3)cc2)cs1. The maximum Gasteiger partial charge on any atom is 0.260 e. The number of hydrogen-bond acceptors (Lipinski definition) is 5. The van der Waals surface area contributed by atoms with Gasteiger partial charge in [-0.1, -0.05) is 18.2 Å². The van der Waals surface area contributed by atoms with Crippen molar-refractivity contribution in [2.24, 2.45) is 0 Å². The van der Waals surface area contributed by atoms with Crippen molar-refractivity contribution in [1.82, 2.24) is 9.88 Å². The van der Waals surface area contributed by atoms with E-state index in [2.05, 4.69) is 4.98 Å². The van der Waals surface area contributed by atoms with Gasteiger partial charge in [0.2, 0.25) is 0 Å². The second-order valence-corrected chi connectivity index (χ2v) is 6.85. The second kappa shape index (κ2) is 8.49. The largest absolute Gasteiger partial charge is 0.484 e. The molecule has 1 aromatic heterocycles. The highest BCUT2D eigenvalue weighted by atomic mass is 32.1. The van der Waals surface area contributed by atoms with Crippen molar-refractivity contribution in [3.63, 3.8) is 0 Å². The average molecular weight is 368 g/mol. The summed E-state index contributed by atoms with van der Waals surface area (Å²) < 4.78 is 11.3. The fourth-order valence-electron chi connectivity index (χ4n) is 2.30. The Morgan fingerprint density at radius 1 is 1.04 bits per heavy atom. The fourth-order valence-corrected chi connectivity index (χ4v) is 2.90. The lowest BCUT2D eigenvalue weighted by atomic mass is 10.3. The molecule has 0 aliphatic carbocycles. The van der Waals surface area contributed by atoms with Gasteiger partial charge in [-0.15, -0.1) is 11.3 Å². The first kappa shape index (κ1) is 17.9. The summed E-state index contributed by atoms with van der Waals surface area (Å²) in [4.78, 5) is 18.2. The summed E-state index contributed by atoms with van der Waals surface area (Å²) in [6.07, 6.45) is 0. The van der Waals surface area contributed by atoms with E-state index in [9.17, 15) is 4.79 Å². The Bertz CT molecular complexity index is 847. The number of carbonyl (C=O) groups is 1. The smallest absolute Gasteiger partial charge is 0.260 e. The lowest BCUT2D eigenvalue weighted by Crippen LogP contribution is -2.31. The minimum absolute atomic E-state index is 0.0154. The van der Waals surface area contributed by atoms with Crippen molar-refractivity contribution < 1.29 is 14.3 Å². The van der Waals surface area contributed by atoms with Crippen LogP contribution >= 0.6 is 11.3 Å². The van der Waals surface area contributed by atoms with Crippen LogP contribution in [0.5, 0.6) is 17.2 Å². The van der Waals surface area contributed by atoms with Crippen LogP contribution in [0.2, 0.25) is 0 Å². The highest BCUT2D eigenvalue weighted by Crippen LogP contribution is 2.23. The van der Waals surface area contributed by atoms with Gasteiger partial charge in [0.1, 0.15) is 17.2 Å². The number of ether oxygens (including phenoxy) is 2. The van der Waals surface area contributed by atoms with Gasteiger partial charge >= 0.3 is 0 Å². The predicted octanol–water partition coefficient (Wildman–Crippen LogP) is 4.28. The van der Waals surface area contributed by atoms with Gasteiger partial charge in [0, 0.05) is 12.4 Å². The molecule has 1 amide bonds. The molecule has 0 aliphatic heterocycles. The van der Waals surface area contributed by atoms with E-state index in [0.717, 1.165) is 16.5 Å². The molecule has 0 aliphatic rings. The third-order valence-electron chi connectivity index (χ3n) is 3.66. The lowest BCUT2D eigenvalue weighted by molar-refractivity contribution is -0.132. The van der Waals surface area contributed by atoms with Crippen LogP contribution in [0.25, 0.3) is 0 Å². The van der Waals surface area contributed by atoms with Gasteiger partial charge in [-0.05, 0) is 43.3 Å². The van der Waals surface area contributed by atoms with Crippen molar-refractivity contribution in [2.75, 3.05) is 13.7 Å². The van der Waals surface area contributed by atoms with E-state index in [4.69, 9.17) is 9.47 Å². The van der Waals surface area contributed by atoms with Gasteiger partial charge in [0.05, 0.1) is 17.2 Å². The first-order valence-electron chi connectivity index (χ1n) is 8.21. The molecule has 3 aromatic rings. The van der Waals surface area contributed by atoms with Crippen LogP contribution < -0.4 is 9.47 Å². The molecule has 5 nitrogen and oxygen atoms in total. The third kappa shape index (κ3) is 5.07. The fraction of sp³-hybridized carbons (Fsp3) is 0.200. The summed E-state index contributed by atoms with van der Waals surface area (Å²) >= 11 is 1.58. The molecule has 1 heterocycles. The molecular formula is C20H20N2O3S. The quantitative estimate of drug-likeness (QED) is 0.625. The molecule has 0 unspecified atom stereocenters. The summed E-state index contributed by atoms with van der Waals surface area (Å²) in [6, 6.07) is 16.8. The molecule has 0 N–H and O–H groups in total. The Hall–Kier alpha value is -2.86. The van der Waals surface area contributed by atoms with Gasteiger partial charge in [-0.25, -0.2) is 4.98 Å². The van der Waals surface area contributed by atoms with Crippen molar-refractivity contribution in [3.8, 4) is 17.2 Å². The zero-order valence-electron chi connectivity index (χ0n) is 14.7. The van der Waals surface area contributed by atoms with E-state index in [1.54, 1.807) is 35.4 Å². The summed E-state index contributed by atoms with van der Waals surface area (Å²) in [5.41, 5.74) is 0.894. The van der Waals surface area contributed by atoms with Crippen LogP contribution in [-0.4, -0.2) is 29.4 Å². The minimum Gasteiger partial charge on any atom is -0.484 e. The zero-order chi connectivity index (χ0) is 18.4.